The van der Waals surface area contributed by atoms with Gasteiger partial charge in [0.15, 0.2) is 0 Å². The smallest absolute Gasteiger partial charge is 0.271 e. The largest absolute Gasteiger partial charge is 0.506 e. The molecule has 120 valence electrons. The molecule has 0 saturated heterocycles. The van der Waals surface area contributed by atoms with Gasteiger partial charge in [0, 0.05) is 11.1 Å². The number of phenols is 2. The van der Waals surface area contributed by atoms with E-state index >= 15 is 0 Å². The van der Waals surface area contributed by atoms with Crippen molar-refractivity contribution in [2.45, 2.75) is 0 Å². The van der Waals surface area contributed by atoms with Crippen molar-refractivity contribution in [3.05, 3.63) is 50.4 Å². The fourth-order valence-electron chi connectivity index (χ4n) is 1.68. The van der Waals surface area contributed by atoms with E-state index in [2.05, 4.69) is 42.4 Å². The number of benzene rings is 2. The number of nitrogens with zero attached hydrogens (tertiary/aromatic N) is 1. The first-order chi connectivity index (χ1) is 10.9. The molecule has 1 amide bonds. The molecule has 6 nitrogen and oxygen atoms in total. The number of amides is 1. The number of rotatable bonds is 4. The molecule has 0 aliphatic rings. The van der Waals surface area contributed by atoms with Gasteiger partial charge in [0.1, 0.15) is 21.7 Å². The van der Waals surface area contributed by atoms with Crippen molar-refractivity contribution in [3.63, 3.8) is 0 Å². The number of hydrogen-bond acceptors (Lipinski definition) is 5. The maximum absolute atomic E-state index is 11.9. The first-order valence-electron chi connectivity index (χ1n) is 6.31. The van der Waals surface area contributed by atoms with Crippen LogP contribution in [0.4, 0.5) is 0 Å². The van der Waals surface area contributed by atoms with Gasteiger partial charge in [-0.2, -0.15) is 5.10 Å². The van der Waals surface area contributed by atoms with Gasteiger partial charge in [0.05, 0.1) is 17.8 Å². The van der Waals surface area contributed by atoms with Gasteiger partial charge in [-0.3, -0.25) is 4.79 Å². The third-order valence-electron chi connectivity index (χ3n) is 2.92. The average Bonchev–Trinajstić information content (AvgIpc) is 2.57. The lowest BCUT2D eigenvalue weighted by Gasteiger charge is -2.06. The lowest BCUT2D eigenvalue weighted by Crippen LogP contribution is -2.17. The van der Waals surface area contributed by atoms with E-state index in [-0.39, 0.29) is 16.0 Å². The van der Waals surface area contributed by atoms with Gasteiger partial charge >= 0.3 is 0 Å². The molecule has 0 atom stereocenters. The second kappa shape index (κ2) is 7.47. The van der Waals surface area contributed by atoms with Gasteiger partial charge in [0.2, 0.25) is 0 Å². The quantitative estimate of drug-likeness (QED) is 0.498. The van der Waals surface area contributed by atoms with Crippen LogP contribution >= 0.6 is 31.9 Å². The average molecular weight is 444 g/mol. The van der Waals surface area contributed by atoms with E-state index in [4.69, 9.17) is 4.74 Å². The van der Waals surface area contributed by atoms with Crippen molar-refractivity contribution >= 4 is 44.0 Å². The fraction of sp³-hybridized carbons (Fsp3) is 0.0667. The monoisotopic (exact) mass is 442 g/mol. The number of carbonyl (C=O) groups excluding carboxylic acids is 1. The van der Waals surface area contributed by atoms with E-state index in [1.165, 1.54) is 12.3 Å². The number of hydrazone groups is 1. The van der Waals surface area contributed by atoms with Crippen molar-refractivity contribution in [2.24, 2.45) is 5.10 Å². The van der Waals surface area contributed by atoms with Crippen LogP contribution < -0.4 is 10.2 Å². The molecule has 0 aliphatic carbocycles. The van der Waals surface area contributed by atoms with Gasteiger partial charge in [0.25, 0.3) is 5.91 Å². The summed E-state index contributed by atoms with van der Waals surface area (Å²) in [4.78, 5) is 11.9. The standard InChI is InChI=1S/C15H12Br2N2O4/c1-23-10-4-2-8(3-5-10)15(22)19-18-7-9-6-11(16)14(21)12(17)13(9)20/h2-7,20-21H,1H3,(H,19,22)/b18-7+. The van der Waals surface area contributed by atoms with Crippen molar-refractivity contribution in [1.29, 1.82) is 0 Å². The molecule has 23 heavy (non-hydrogen) atoms. The Bertz CT molecular complexity index is 761. The third kappa shape index (κ3) is 4.02. The van der Waals surface area contributed by atoms with E-state index in [9.17, 15) is 15.0 Å². The van der Waals surface area contributed by atoms with E-state index in [0.29, 0.717) is 21.3 Å². The van der Waals surface area contributed by atoms with Crippen LogP contribution in [0.1, 0.15) is 15.9 Å². The van der Waals surface area contributed by atoms with E-state index in [1.807, 2.05) is 0 Å². The number of nitrogens with one attached hydrogen (secondary N) is 1. The Morgan fingerprint density at radius 1 is 1.22 bits per heavy atom. The van der Waals surface area contributed by atoms with Crippen LogP contribution in [0.25, 0.3) is 0 Å². The van der Waals surface area contributed by atoms with E-state index in [0.717, 1.165) is 0 Å². The molecule has 8 heteroatoms. The van der Waals surface area contributed by atoms with Gasteiger partial charge in [-0.25, -0.2) is 5.43 Å². The number of ether oxygens (including phenoxy) is 1. The number of halogens is 2. The number of phenolic OH excluding ortho intramolecular Hbond substituents is 2. The van der Waals surface area contributed by atoms with Crippen LogP contribution in [-0.4, -0.2) is 29.4 Å². The number of aromatic hydroxyl groups is 2. The van der Waals surface area contributed by atoms with Crippen LogP contribution in [0.3, 0.4) is 0 Å². The highest BCUT2D eigenvalue weighted by Crippen LogP contribution is 2.40. The van der Waals surface area contributed by atoms with E-state index in [1.54, 1.807) is 31.4 Å². The summed E-state index contributed by atoms with van der Waals surface area (Å²) in [6, 6.07) is 8.01. The fourth-order valence-corrected chi connectivity index (χ4v) is 2.84. The van der Waals surface area contributed by atoms with Gasteiger partial charge in [-0.05, 0) is 62.2 Å². The summed E-state index contributed by atoms with van der Waals surface area (Å²) in [7, 11) is 1.54. The van der Waals surface area contributed by atoms with Gasteiger partial charge in [-0.1, -0.05) is 0 Å². The summed E-state index contributed by atoms with van der Waals surface area (Å²) in [5, 5.41) is 23.3. The van der Waals surface area contributed by atoms with Gasteiger partial charge < -0.3 is 14.9 Å². The minimum atomic E-state index is -0.402. The summed E-state index contributed by atoms with van der Waals surface area (Å²) in [5.41, 5.74) is 3.08. The van der Waals surface area contributed by atoms with E-state index < -0.39 is 5.91 Å². The highest BCUT2D eigenvalue weighted by Gasteiger charge is 2.13. The normalized spacial score (nSPS) is 10.7. The predicted octanol–water partition coefficient (Wildman–Crippen LogP) is 3.40. The molecule has 0 unspecified atom stereocenters. The third-order valence-corrected chi connectivity index (χ3v) is 4.28. The molecule has 0 spiro atoms. The summed E-state index contributed by atoms with van der Waals surface area (Å²) in [5.74, 6) is -0.0656. The summed E-state index contributed by atoms with van der Waals surface area (Å²) < 4.78 is 5.53. The van der Waals surface area contributed by atoms with Crippen molar-refractivity contribution in [1.82, 2.24) is 5.43 Å². The molecular weight excluding hydrogens is 432 g/mol. The first kappa shape index (κ1) is 17.3. The zero-order valence-electron chi connectivity index (χ0n) is 11.9. The Labute approximate surface area is 149 Å². The highest BCUT2D eigenvalue weighted by atomic mass is 79.9. The summed E-state index contributed by atoms with van der Waals surface area (Å²) in [6.45, 7) is 0. The van der Waals surface area contributed by atoms with Crippen LogP contribution in [0.15, 0.2) is 44.4 Å². The molecule has 0 bridgehead atoms. The SMILES string of the molecule is COc1ccc(C(=O)N/N=C/c2cc(Br)c(O)c(Br)c2O)cc1. The van der Waals surface area contributed by atoms with Crippen LogP contribution in [0.2, 0.25) is 0 Å². The molecule has 3 N–H and O–H groups in total. The predicted molar refractivity (Wildman–Crippen MR) is 93.2 cm³/mol. The maximum Gasteiger partial charge on any atom is 0.271 e. The summed E-state index contributed by atoms with van der Waals surface area (Å²) in [6.07, 6.45) is 1.27. The molecule has 0 fully saturated rings. The highest BCUT2D eigenvalue weighted by molar-refractivity contribution is 9.11. The summed E-state index contributed by atoms with van der Waals surface area (Å²) >= 11 is 6.21. The van der Waals surface area contributed by atoms with Crippen molar-refractivity contribution in [2.75, 3.05) is 7.11 Å². The Balaban J connectivity index is 2.11. The van der Waals surface area contributed by atoms with Crippen molar-refractivity contribution < 1.29 is 19.7 Å². The molecule has 0 aromatic heterocycles. The van der Waals surface area contributed by atoms with Gasteiger partial charge in [-0.15, -0.1) is 0 Å². The minimum Gasteiger partial charge on any atom is -0.506 e. The molecule has 0 aliphatic heterocycles. The zero-order valence-corrected chi connectivity index (χ0v) is 15.1. The molecule has 0 heterocycles. The first-order valence-corrected chi connectivity index (χ1v) is 7.90. The molecule has 0 saturated carbocycles. The second-order valence-electron chi connectivity index (χ2n) is 4.39. The molecule has 0 radical (unpaired) electrons. The topological polar surface area (TPSA) is 91.2 Å². The Hall–Kier alpha value is -2.06. The zero-order chi connectivity index (χ0) is 17.0. The number of carbonyl (C=O) groups is 1. The Kier molecular flexibility index (Phi) is 5.62. The lowest BCUT2D eigenvalue weighted by molar-refractivity contribution is 0.0955. The molecule has 2 aromatic rings. The van der Waals surface area contributed by atoms with Crippen molar-refractivity contribution in [3.8, 4) is 17.2 Å². The van der Waals surface area contributed by atoms with Crippen LogP contribution in [0, 0.1) is 0 Å². The van der Waals surface area contributed by atoms with Crippen LogP contribution in [-0.2, 0) is 0 Å². The van der Waals surface area contributed by atoms with Crippen LogP contribution in [0.5, 0.6) is 17.2 Å². The number of hydrogen-bond donors (Lipinski definition) is 3. The Morgan fingerprint density at radius 3 is 2.48 bits per heavy atom. The lowest BCUT2D eigenvalue weighted by atomic mass is 10.2. The molecular formula is C15H12Br2N2O4. The maximum atomic E-state index is 11.9. The molecule has 2 rings (SSSR count). The minimum absolute atomic E-state index is 0.123. The molecule has 2 aromatic carbocycles. The number of methoxy groups -OCH3 is 1. The Morgan fingerprint density at radius 2 is 1.87 bits per heavy atom. The second-order valence-corrected chi connectivity index (χ2v) is 6.03.